The maximum atomic E-state index is 12.9. The normalized spacial score (nSPS) is 19.2. The molecule has 218 valence electrons. The highest BCUT2D eigenvalue weighted by Crippen LogP contribution is 2.41. The molecule has 4 aliphatic heterocycles. The zero-order valence-corrected chi connectivity index (χ0v) is 24.0. The summed E-state index contributed by atoms with van der Waals surface area (Å²) in [5, 5.41) is 15.9. The Hall–Kier alpha value is -4.29. The zero-order valence-electron chi connectivity index (χ0n) is 22.5. The van der Waals surface area contributed by atoms with Crippen LogP contribution in [0.2, 0.25) is 10.0 Å². The summed E-state index contributed by atoms with van der Waals surface area (Å²) < 4.78 is 4.65. The van der Waals surface area contributed by atoms with Gasteiger partial charge in [0.15, 0.2) is 23.0 Å². The maximum absolute atomic E-state index is 12.9. The molecule has 2 fully saturated rings. The van der Waals surface area contributed by atoms with Crippen LogP contribution in [0.3, 0.4) is 0 Å². The van der Waals surface area contributed by atoms with Crippen LogP contribution in [0, 0.1) is 0 Å². The minimum absolute atomic E-state index is 0.0495. The maximum Gasteiger partial charge on any atom is 0.358 e. The number of hydrogen-bond acceptors (Lipinski definition) is 9. The van der Waals surface area contributed by atoms with E-state index < -0.39 is 11.9 Å². The summed E-state index contributed by atoms with van der Waals surface area (Å²) in [5.41, 5.74) is 2.24. The number of aromatic nitrogens is 2. The second-order valence-corrected chi connectivity index (χ2v) is 11.1. The van der Waals surface area contributed by atoms with Gasteiger partial charge in [-0.15, -0.1) is 0 Å². The van der Waals surface area contributed by atoms with Crippen molar-refractivity contribution in [2.45, 2.75) is 24.9 Å². The molecule has 0 saturated carbocycles. The third-order valence-electron chi connectivity index (χ3n) is 7.68. The second-order valence-electron chi connectivity index (χ2n) is 10.3. The van der Waals surface area contributed by atoms with E-state index in [-0.39, 0.29) is 28.5 Å². The lowest BCUT2D eigenvalue weighted by Gasteiger charge is -2.36. The molecule has 0 radical (unpaired) electrons. The van der Waals surface area contributed by atoms with E-state index in [4.69, 9.17) is 23.2 Å². The van der Waals surface area contributed by atoms with Gasteiger partial charge in [-0.3, -0.25) is 4.90 Å². The zero-order chi connectivity index (χ0) is 29.5. The third-order valence-corrected chi connectivity index (χ3v) is 8.26. The van der Waals surface area contributed by atoms with E-state index in [1.54, 1.807) is 29.2 Å². The molecule has 12 nitrogen and oxygen atoms in total. The number of urea groups is 1. The fourth-order valence-corrected chi connectivity index (χ4v) is 6.15. The van der Waals surface area contributed by atoms with Gasteiger partial charge in [0.1, 0.15) is 0 Å². The number of carbonyl (C=O) groups excluding carboxylic acids is 2. The number of carbonyl (C=O) groups is 3. The van der Waals surface area contributed by atoms with Gasteiger partial charge in [-0.25, -0.2) is 24.4 Å². The van der Waals surface area contributed by atoms with E-state index in [1.165, 1.54) is 7.11 Å². The lowest BCUT2D eigenvalue weighted by Crippen LogP contribution is -2.48. The van der Waals surface area contributed by atoms with Crippen molar-refractivity contribution in [3.05, 3.63) is 63.9 Å². The number of methoxy groups -OCH3 is 1. The molecule has 4 bridgehead atoms. The van der Waals surface area contributed by atoms with Crippen LogP contribution < -0.4 is 25.3 Å². The van der Waals surface area contributed by atoms with Crippen molar-refractivity contribution in [3.63, 3.8) is 0 Å². The van der Waals surface area contributed by atoms with Crippen molar-refractivity contribution in [2.24, 2.45) is 0 Å². The van der Waals surface area contributed by atoms with Gasteiger partial charge in [-0.05, 0) is 37.1 Å². The Kier molecular flexibility index (Phi) is 7.42. The van der Waals surface area contributed by atoms with E-state index in [0.717, 1.165) is 44.0 Å². The topological polar surface area (TPSA) is 140 Å². The van der Waals surface area contributed by atoms with Gasteiger partial charge in [0.2, 0.25) is 0 Å². The minimum Gasteiger partial charge on any atom is -0.476 e. The summed E-state index contributed by atoms with van der Waals surface area (Å²) in [6.07, 6.45) is 1.88. The highest BCUT2D eigenvalue weighted by atomic mass is 35.5. The van der Waals surface area contributed by atoms with Crippen LogP contribution >= 0.6 is 23.2 Å². The number of ether oxygens (including phenoxy) is 1. The van der Waals surface area contributed by atoms with Gasteiger partial charge < -0.3 is 30.3 Å². The molecular weight excluding hydrogens is 585 g/mol. The molecule has 14 heteroatoms. The molecule has 0 aliphatic carbocycles. The minimum atomic E-state index is -1.22. The van der Waals surface area contributed by atoms with Crippen LogP contribution in [-0.2, 0) is 4.74 Å². The first-order valence-electron chi connectivity index (χ1n) is 13.4. The number of halogens is 2. The molecule has 1 aromatic carbocycles. The smallest absolute Gasteiger partial charge is 0.358 e. The number of esters is 1. The number of pyridine rings is 2. The number of aromatic carboxylic acids is 1. The molecule has 42 heavy (non-hydrogen) atoms. The number of carboxylic acid groups (broad SMARTS) is 1. The number of amides is 2. The van der Waals surface area contributed by atoms with Crippen molar-refractivity contribution in [2.75, 3.05) is 58.6 Å². The Morgan fingerprint density at radius 2 is 1.67 bits per heavy atom. The van der Waals surface area contributed by atoms with Gasteiger partial charge in [0.05, 0.1) is 34.6 Å². The summed E-state index contributed by atoms with van der Waals surface area (Å²) in [6, 6.07) is 12.5. The molecule has 2 aromatic heterocycles. The van der Waals surface area contributed by atoms with E-state index in [0.29, 0.717) is 34.8 Å². The van der Waals surface area contributed by atoms with Crippen LogP contribution in [0.5, 0.6) is 0 Å². The second kappa shape index (κ2) is 11.2. The number of anilines is 5. The van der Waals surface area contributed by atoms with Crippen LogP contribution in [0.1, 0.15) is 33.8 Å². The number of nitrogens with zero attached hydrogens (tertiary/aromatic N) is 5. The molecule has 3 aromatic rings. The van der Waals surface area contributed by atoms with Crippen molar-refractivity contribution in [1.29, 1.82) is 0 Å². The molecule has 2 saturated heterocycles. The first kappa shape index (κ1) is 27.9. The van der Waals surface area contributed by atoms with Gasteiger partial charge in [-0.1, -0.05) is 41.4 Å². The van der Waals surface area contributed by atoms with E-state index >= 15 is 0 Å². The van der Waals surface area contributed by atoms with Crippen LogP contribution in [0.25, 0.3) is 0 Å². The molecule has 6 heterocycles. The fraction of sp³-hybridized carbons (Fsp3) is 0.321. The van der Waals surface area contributed by atoms with E-state index in [9.17, 15) is 19.5 Å². The molecule has 0 spiro atoms. The molecular formula is C28H27Cl2N7O5. The van der Waals surface area contributed by atoms with Crippen molar-refractivity contribution in [1.82, 2.24) is 9.97 Å². The average molecular weight is 612 g/mol. The van der Waals surface area contributed by atoms with Crippen LogP contribution in [-0.4, -0.2) is 78.4 Å². The summed E-state index contributed by atoms with van der Waals surface area (Å²) in [6.45, 7) is 3.43. The van der Waals surface area contributed by atoms with E-state index in [2.05, 4.69) is 35.1 Å². The number of hydrogen-bond donors (Lipinski definition) is 3. The molecule has 2 atom stereocenters. The monoisotopic (exact) mass is 611 g/mol. The Morgan fingerprint density at radius 1 is 0.976 bits per heavy atom. The number of nitrogens with one attached hydrogen (secondary N) is 2. The van der Waals surface area contributed by atoms with Gasteiger partial charge in [0.25, 0.3) is 0 Å². The first-order chi connectivity index (χ1) is 20.2. The highest BCUT2D eigenvalue weighted by Gasteiger charge is 2.41. The molecule has 0 unspecified atom stereocenters. The Morgan fingerprint density at radius 3 is 2.40 bits per heavy atom. The lowest BCUT2D eigenvalue weighted by atomic mass is 10.1. The largest absolute Gasteiger partial charge is 0.476 e. The Bertz CT molecular complexity index is 1570. The standard InChI is InChI=1S/C17H15ClN4O3.C11H12ClN3O2/c18-12-8-13-15(20-14(12)16(23)24)22(11-6-7-21(13)9-11)17(25)19-10-4-2-1-3-5-10;1-17-11(16)9-7(12)4-8-10(14-9)13-6-2-3-15(8)5-6/h1-5,8,11H,6-7,9H2,(H,19,25)(H,23,24);4,6H,2-3,5H2,1H3,(H,13,14)/t11-;6-/m00/s1. The van der Waals surface area contributed by atoms with Gasteiger partial charge >= 0.3 is 18.0 Å². The molecule has 4 aliphatic rings. The number of carboxylic acids is 1. The van der Waals surface area contributed by atoms with Gasteiger partial charge in [-0.2, -0.15) is 0 Å². The average Bonchev–Trinajstić information content (AvgIpc) is 3.58. The Balaban J connectivity index is 0.000000162. The first-order valence-corrected chi connectivity index (χ1v) is 14.1. The predicted molar refractivity (Wildman–Crippen MR) is 160 cm³/mol. The van der Waals surface area contributed by atoms with Crippen LogP contribution in [0.4, 0.5) is 33.5 Å². The molecule has 3 N–H and O–H groups in total. The molecule has 2 amide bonds. The SMILES string of the molecule is COC(=O)c1nc2c(cc1Cl)N1CC[C@@H](C1)N2.O=C(O)c1nc2c(cc1Cl)N1CC[C@@H](C1)N2C(=O)Nc1ccccc1. The number of benzene rings is 1. The fourth-order valence-electron chi connectivity index (χ4n) is 5.70. The molecule has 7 rings (SSSR count). The summed E-state index contributed by atoms with van der Waals surface area (Å²) in [4.78, 5) is 50.0. The summed E-state index contributed by atoms with van der Waals surface area (Å²) in [7, 11) is 1.32. The highest BCUT2D eigenvalue weighted by molar-refractivity contribution is 6.34. The van der Waals surface area contributed by atoms with Crippen molar-refractivity contribution >= 4 is 69.9 Å². The Labute approximate surface area is 251 Å². The van der Waals surface area contributed by atoms with Crippen LogP contribution in [0.15, 0.2) is 42.5 Å². The van der Waals surface area contributed by atoms with E-state index in [1.807, 2.05) is 18.2 Å². The van der Waals surface area contributed by atoms with Crippen molar-refractivity contribution < 1.29 is 24.2 Å². The number of para-hydroxylation sites is 1. The van der Waals surface area contributed by atoms with Gasteiger partial charge in [0, 0.05) is 37.9 Å². The third kappa shape index (κ3) is 5.12. The number of fused-ring (bicyclic) bond motifs is 8. The van der Waals surface area contributed by atoms with Crippen molar-refractivity contribution in [3.8, 4) is 0 Å². The predicted octanol–water partition coefficient (Wildman–Crippen LogP) is 4.59. The number of rotatable bonds is 3. The quantitative estimate of drug-likeness (QED) is 0.360. The summed E-state index contributed by atoms with van der Waals surface area (Å²) in [5.74, 6) is -0.663. The lowest BCUT2D eigenvalue weighted by molar-refractivity contribution is 0.0593. The summed E-state index contributed by atoms with van der Waals surface area (Å²) >= 11 is 12.1.